The number of phosphoric acid groups is 1. The lowest BCUT2D eigenvalue weighted by atomic mass is 10.0. The topological polar surface area (TPSA) is 149 Å². The van der Waals surface area contributed by atoms with Gasteiger partial charge in [0.2, 0.25) is 0 Å². The fraction of sp³-hybridized carbons (Fsp3) is 0.952. The number of hydrogen-bond donors (Lipinski definition) is 3. The van der Waals surface area contributed by atoms with Gasteiger partial charge in [-0.15, -0.1) is 0 Å². The standard InChI is InChI=1S/C42H83O10P/c1-3-5-7-9-11-13-15-16-17-18-19-20-21-22-24-26-28-30-32-34-42(46)52-40(36-44)38-50-53(47,48)49-37-39(35-43)51-41(45)33-31-29-27-25-23-14-12-10-8-6-4-2/h39-40,43-44H,3-38H2,1-2H3,(H,47,48). The van der Waals surface area contributed by atoms with E-state index in [2.05, 4.69) is 13.8 Å². The Morgan fingerprint density at radius 1 is 0.434 bits per heavy atom. The van der Waals surface area contributed by atoms with Crippen LogP contribution in [0.25, 0.3) is 0 Å². The van der Waals surface area contributed by atoms with E-state index in [0.717, 1.165) is 38.5 Å². The Hall–Kier alpha value is -1.03. The molecular weight excluding hydrogens is 695 g/mol. The monoisotopic (exact) mass is 779 g/mol. The maximum absolute atomic E-state index is 12.3. The maximum Gasteiger partial charge on any atom is 0.472 e. The molecule has 0 saturated carbocycles. The van der Waals surface area contributed by atoms with Crippen LogP contribution in [0.5, 0.6) is 0 Å². The van der Waals surface area contributed by atoms with E-state index in [1.54, 1.807) is 0 Å². The van der Waals surface area contributed by atoms with Gasteiger partial charge < -0.3 is 24.6 Å². The first-order chi connectivity index (χ1) is 25.8. The number of carbonyl (C=O) groups is 2. The summed E-state index contributed by atoms with van der Waals surface area (Å²) in [5.74, 6) is -1.01. The Morgan fingerprint density at radius 2 is 0.660 bits per heavy atom. The van der Waals surface area contributed by atoms with E-state index in [1.165, 1.54) is 141 Å². The second-order valence-electron chi connectivity index (χ2n) is 15.0. The molecule has 0 aromatic heterocycles. The first-order valence-electron chi connectivity index (χ1n) is 22.0. The molecule has 11 heteroatoms. The van der Waals surface area contributed by atoms with Gasteiger partial charge in [0, 0.05) is 12.8 Å². The molecule has 3 unspecified atom stereocenters. The normalized spacial score (nSPS) is 13.8. The van der Waals surface area contributed by atoms with E-state index in [1.807, 2.05) is 0 Å². The average molecular weight is 779 g/mol. The summed E-state index contributed by atoms with van der Waals surface area (Å²) < 4.78 is 32.5. The van der Waals surface area contributed by atoms with Gasteiger partial charge in [-0.05, 0) is 12.8 Å². The van der Waals surface area contributed by atoms with Gasteiger partial charge in [-0.1, -0.05) is 194 Å². The number of unbranched alkanes of at least 4 members (excludes halogenated alkanes) is 28. The van der Waals surface area contributed by atoms with Crippen LogP contribution in [0, 0.1) is 0 Å². The third-order valence-electron chi connectivity index (χ3n) is 9.82. The molecular formula is C42H83O10P. The van der Waals surface area contributed by atoms with Crippen molar-refractivity contribution in [2.75, 3.05) is 26.4 Å². The zero-order valence-electron chi connectivity index (χ0n) is 34.3. The number of aliphatic hydroxyl groups excluding tert-OH is 2. The highest BCUT2D eigenvalue weighted by molar-refractivity contribution is 7.47. The number of esters is 2. The molecule has 53 heavy (non-hydrogen) atoms. The van der Waals surface area contributed by atoms with Crippen molar-refractivity contribution in [3.8, 4) is 0 Å². The van der Waals surface area contributed by atoms with Gasteiger partial charge >= 0.3 is 19.8 Å². The first kappa shape index (κ1) is 52.0. The molecule has 0 amide bonds. The summed E-state index contributed by atoms with van der Waals surface area (Å²) in [5, 5.41) is 19.1. The van der Waals surface area contributed by atoms with Gasteiger partial charge in [0.05, 0.1) is 26.4 Å². The molecule has 0 aromatic carbocycles. The van der Waals surface area contributed by atoms with Crippen LogP contribution in [0.4, 0.5) is 0 Å². The first-order valence-corrected chi connectivity index (χ1v) is 23.5. The summed E-state index contributed by atoms with van der Waals surface area (Å²) in [6.07, 6.45) is 35.1. The van der Waals surface area contributed by atoms with Crippen molar-refractivity contribution in [1.29, 1.82) is 0 Å². The highest BCUT2D eigenvalue weighted by Gasteiger charge is 2.27. The average Bonchev–Trinajstić information content (AvgIpc) is 3.14. The van der Waals surface area contributed by atoms with Crippen LogP contribution in [0.3, 0.4) is 0 Å². The van der Waals surface area contributed by atoms with Gasteiger partial charge in [-0.2, -0.15) is 0 Å². The van der Waals surface area contributed by atoms with Crippen molar-refractivity contribution in [3.63, 3.8) is 0 Å². The predicted molar refractivity (Wildman–Crippen MR) is 215 cm³/mol. The van der Waals surface area contributed by atoms with E-state index in [0.29, 0.717) is 12.8 Å². The predicted octanol–water partition coefficient (Wildman–Crippen LogP) is 11.5. The molecule has 3 atom stereocenters. The minimum absolute atomic E-state index is 0.198. The summed E-state index contributed by atoms with van der Waals surface area (Å²) >= 11 is 0. The molecule has 0 rings (SSSR count). The fourth-order valence-corrected chi connectivity index (χ4v) is 7.19. The maximum atomic E-state index is 12.3. The molecule has 0 spiro atoms. The number of phosphoric ester groups is 1. The minimum Gasteiger partial charge on any atom is -0.457 e. The molecule has 10 nitrogen and oxygen atoms in total. The third-order valence-corrected chi connectivity index (χ3v) is 10.8. The van der Waals surface area contributed by atoms with Crippen molar-refractivity contribution >= 4 is 19.8 Å². The van der Waals surface area contributed by atoms with Crippen LogP contribution in [0.15, 0.2) is 0 Å². The third kappa shape index (κ3) is 37.7. The van der Waals surface area contributed by atoms with Crippen molar-refractivity contribution in [2.45, 2.75) is 232 Å². The smallest absolute Gasteiger partial charge is 0.457 e. The Labute approximate surface area is 324 Å². The molecule has 0 aliphatic carbocycles. The van der Waals surface area contributed by atoms with E-state index >= 15 is 0 Å². The zero-order chi connectivity index (χ0) is 39.1. The Balaban J connectivity index is 3.85. The molecule has 316 valence electrons. The van der Waals surface area contributed by atoms with Crippen molar-refractivity contribution in [1.82, 2.24) is 0 Å². The number of ether oxygens (including phenoxy) is 2. The molecule has 0 radical (unpaired) electrons. The molecule has 0 fully saturated rings. The quantitative estimate of drug-likeness (QED) is 0.0310. The molecule has 0 bridgehead atoms. The van der Waals surface area contributed by atoms with Crippen LogP contribution >= 0.6 is 7.82 Å². The lowest BCUT2D eigenvalue weighted by molar-refractivity contribution is -0.153. The molecule has 0 aromatic rings. The largest absolute Gasteiger partial charge is 0.472 e. The second kappa shape index (κ2) is 39.2. The van der Waals surface area contributed by atoms with E-state index in [4.69, 9.17) is 18.5 Å². The van der Waals surface area contributed by atoms with Gasteiger partial charge in [0.1, 0.15) is 12.2 Å². The zero-order valence-corrected chi connectivity index (χ0v) is 35.2. The van der Waals surface area contributed by atoms with E-state index in [-0.39, 0.29) is 12.8 Å². The van der Waals surface area contributed by atoms with Gasteiger partial charge in [-0.3, -0.25) is 18.6 Å². The van der Waals surface area contributed by atoms with Crippen LogP contribution in [-0.2, 0) is 32.7 Å². The van der Waals surface area contributed by atoms with Crippen molar-refractivity contribution < 1.29 is 47.8 Å². The second-order valence-corrected chi connectivity index (χ2v) is 16.5. The summed E-state index contributed by atoms with van der Waals surface area (Å²) in [6.45, 7) is 2.23. The molecule has 0 aliphatic heterocycles. The summed E-state index contributed by atoms with van der Waals surface area (Å²) in [6, 6.07) is 0. The van der Waals surface area contributed by atoms with Gasteiger partial charge in [0.15, 0.2) is 0 Å². The lowest BCUT2D eigenvalue weighted by Gasteiger charge is -2.20. The number of carbonyl (C=O) groups excluding carboxylic acids is 2. The van der Waals surface area contributed by atoms with Crippen LogP contribution in [-0.4, -0.2) is 65.7 Å². The summed E-state index contributed by atoms with van der Waals surface area (Å²) in [4.78, 5) is 34.4. The molecule has 0 heterocycles. The van der Waals surface area contributed by atoms with Crippen molar-refractivity contribution in [2.24, 2.45) is 0 Å². The number of rotatable bonds is 42. The van der Waals surface area contributed by atoms with Gasteiger partial charge in [-0.25, -0.2) is 4.57 Å². The highest BCUT2D eigenvalue weighted by atomic mass is 31.2. The van der Waals surface area contributed by atoms with E-state index in [9.17, 15) is 29.3 Å². The molecule has 3 N–H and O–H groups in total. The Kier molecular flexibility index (Phi) is 38.5. The Bertz CT molecular complexity index is 858. The van der Waals surface area contributed by atoms with Crippen molar-refractivity contribution in [3.05, 3.63) is 0 Å². The summed E-state index contributed by atoms with van der Waals surface area (Å²) in [7, 11) is -4.62. The molecule has 0 aliphatic rings. The van der Waals surface area contributed by atoms with Gasteiger partial charge in [0.25, 0.3) is 0 Å². The fourth-order valence-electron chi connectivity index (χ4n) is 6.41. The van der Waals surface area contributed by atoms with Crippen LogP contribution < -0.4 is 0 Å². The van der Waals surface area contributed by atoms with E-state index < -0.39 is 58.4 Å². The molecule has 0 saturated heterocycles. The summed E-state index contributed by atoms with van der Waals surface area (Å²) in [5.41, 5.74) is 0. The van der Waals surface area contributed by atoms with Crippen LogP contribution in [0.2, 0.25) is 0 Å². The Morgan fingerprint density at radius 3 is 0.887 bits per heavy atom. The van der Waals surface area contributed by atoms with Crippen LogP contribution in [0.1, 0.15) is 219 Å². The minimum atomic E-state index is -4.62. The number of hydrogen-bond acceptors (Lipinski definition) is 9. The lowest BCUT2D eigenvalue weighted by Crippen LogP contribution is -2.28. The SMILES string of the molecule is CCCCCCCCCCCCCCCCCCCCCC(=O)OC(CO)COP(=O)(O)OCC(CO)OC(=O)CCCCCCCCCCCCC. The highest BCUT2D eigenvalue weighted by Crippen LogP contribution is 2.43. The number of aliphatic hydroxyl groups is 2.